The first-order valence-corrected chi connectivity index (χ1v) is 10.8. The Labute approximate surface area is 180 Å². The molecule has 1 saturated heterocycles. The summed E-state index contributed by atoms with van der Waals surface area (Å²) in [5.74, 6) is 1.74. The highest BCUT2D eigenvalue weighted by molar-refractivity contribution is 5.80. The minimum Gasteiger partial charge on any atom is -0.508 e. The largest absolute Gasteiger partial charge is 0.508 e. The maximum Gasteiger partial charge on any atom is 0.191 e. The van der Waals surface area contributed by atoms with Crippen LogP contribution in [0.1, 0.15) is 36.5 Å². The van der Waals surface area contributed by atoms with Gasteiger partial charge in [0.05, 0.1) is 13.7 Å². The molecule has 3 rings (SSSR count). The average molecular weight is 411 g/mol. The van der Waals surface area contributed by atoms with Gasteiger partial charge >= 0.3 is 0 Å². The van der Waals surface area contributed by atoms with Crippen molar-refractivity contribution in [1.29, 1.82) is 0 Å². The average Bonchev–Trinajstić information content (AvgIpc) is 2.76. The number of phenolic OH excluding ortho intramolecular Hbond substituents is 1. The number of piperidine rings is 1. The van der Waals surface area contributed by atoms with Crippen LogP contribution in [0.5, 0.6) is 11.5 Å². The summed E-state index contributed by atoms with van der Waals surface area (Å²) in [6.45, 7) is 8.59. The summed E-state index contributed by atoms with van der Waals surface area (Å²) in [5, 5.41) is 17.0. The SMILES string of the molecule is CCNC(=NCc1cc(OC)ccc1O)NC1CCN(Cc2ccccc2C)CC1. The third-order valence-corrected chi connectivity index (χ3v) is 5.62. The van der Waals surface area contributed by atoms with E-state index in [2.05, 4.69) is 58.6 Å². The molecule has 0 amide bonds. The minimum atomic E-state index is 0.236. The Bertz CT molecular complexity index is 845. The van der Waals surface area contributed by atoms with Crippen LogP contribution in [0.15, 0.2) is 47.5 Å². The van der Waals surface area contributed by atoms with Gasteiger partial charge in [-0.25, -0.2) is 4.99 Å². The number of ether oxygens (including phenoxy) is 1. The molecule has 0 aliphatic carbocycles. The van der Waals surface area contributed by atoms with E-state index < -0.39 is 0 Å². The van der Waals surface area contributed by atoms with Gasteiger partial charge in [-0.15, -0.1) is 0 Å². The molecule has 6 nitrogen and oxygen atoms in total. The lowest BCUT2D eigenvalue weighted by molar-refractivity contribution is 0.198. The van der Waals surface area contributed by atoms with E-state index in [9.17, 15) is 5.11 Å². The molecule has 6 heteroatoms. The number of guanidine groups is 1. The summed E-state index contributed by atoms with van der Waals surface area (Å²) in [6, 6.07) is 14.2. The maximum atomic E-state index is 10.1. The molecule has 1 heterocycles. The van der Waals surface area contributed by atoms with E-state index in [1.54, 1.807) is 19.2 Å². The first kappa shape index (κ1) is 22.0. The van der Waals surface area contributed by atoms with Crippen molar-refractivity contribution in [2.45, 2.75) is 45.8 Å². The number of methoxy groups -OCH3 is 1. The molecule has 0 unspecified atom stereocenters. The number of nitrogens with zero attached hydrogens (tertiary/aromatic N) is 2. The molecule has 0 radical (unpaired) electrons. The molecule has 1 aliphatic rings. The molecule has 1 fully saturated rings. The minimum absolute atomic E-state index is 0.236. The first-order chi connectivity index (χ1) is 14.6. The number of hydrogen-bond donors (Lipinski definition) is 3. The summed E-state index contributed by atoms with van der Waals surface area (Å²) < 4.78 is 5.25. The van der Waals surface area contributed by atoms with Crippen LogP contribution in [0.4, 0.5) is 0 Å². The van der Waals surface area contributed by atoms with Gasteiger partial charge in [0.2, 0.25) is 0 Å². The Kier molecular flexibility index (Phi) is 7.97. The van der Waals surface area contributed by atoms with Crippen molar-refractivity contribution in [3.8, 4) is 11.5 Å². The number of phenols is 1. The van der Waals surface area contributed by atoms with Gasteiger partial charge in [0, 0.05) is 37.8 Å². The van der Waals surface area contributed by atoms with Crippen LogP contribution < -0.4 is 15.4 Å². The van der Waals surface area contributed by atoms with E-state index in [4.69, 9.17) is 4.74 Å². The van der Waals surface area contributed by atoms with Crippen molar-refractivity contribution in [3.05, 3.63) is 59.2 Å². The normalized spacial score (nSPS) is 15.8. The highest BCUT2D eigenvalue weighted by atomic mass is 16.5. The molecule has 2 aromatic rings. The van der Waals surface area contributed by atoms with Crippen molar-refractivity contribution >= 4 is 5.96 Å². The standard InChI is InChI=1S/C24H34N4O2/c1-4-25-24(26-16-20-15-22(30-3)9-10-23(20)29)27-21-11-13-28(14-12-21)17-19-8-6-5-7-18(19)2/h5-10,15,21,29H,4,11-14,16-17H2,1-3H3,(H2,25,26,27). The number of aromatic hydroxyl groups is 1. The second-order valence-corrected chi connectivity index (χ2v) is 7.81. The fraction of sp³-hybridized carbons (Fsp3) is 0.458. The van der Waals surface area contributed by atoms with Crippen LogP contribution in [0.2, 0.25) is 0 Å². The summed E-state index contributed by atoms with van der Waals surface area (Å²) in [7, 11) is 1.62. The predicted octanol–water partition coefficient (Wildman–Crippen LogP) is 3.43. The molecule has 0 atom stereocenters. The molecule has 0 spiro atoms. The number of hydrogen-bond acceptors (Lipinski definition) is 4. The van der Waals surface area contributed by atoms with Crippen LogP contribution in [0, 0.1) is 6.92 Å². The van der Waals surface area contributed by atoms with E-state index in [1.807, 2.05) is 6.07 Å². The zero-order chi connectivity index (χ0) is 21.3. The van der Waals surface area contributed by atoms with E-state index in [0.29, 0.717) is 12.6 Å². The van der Waals surface area contributed by atoms with Crippen molar-refractivity contribution < 1.29 is 9.84 Å². The van der Waals surface area contributed by atoms with E-state index in [-0.39, 0.29) is 5.75 Å². The Morgan fingerprint density at radius 1 is 1.17 bits per heavy atom. The van der Waals surface area contributed by atoms with Gasteiger partial charge < -0.3 is 20.5 Å². The molecule has 162 valence electrons. The fourth-order valence-electron chi connectivity index (χ4n) is 3.76. The third kappa shape index (κ3) is 6.13. The highest BCUT2D eigenvalue weighted by Gasteiger charge is 2.20. The van der Waals surface area contributed by atoms with Crippen LogP contribution in [-0.2, 0) is 13.1 Å². The molecule has 0 saturated carbocycles. The number of aryl methyl sites for hydroxylation is 1. The van der Waals surface area contributed by atoms with E-state index in [0.717, 1.165) is 56.3 Å². The predicted molar refractivity (Wildman–Crippen MR) is 122 cm³/mol. The van der Waals surface area contributed by atoms with Crippen molar-refractivity contribution in [3.63, 3.8) is 0 Å². The number of rotatable bonds is 7. The topological polar surface area (TPSA) is 69.1 Å². The molecule has 2 aromatic carbocycles. The highest BCUT2D eigenvalue weighted by Crippen LogP contribution is 2.23. The summed E-state index contributed by atoms with van der Waals surface area (Å²) in [4.78, 5) is 7.20. The fourth-order valence-corrected chi connectivity index (χ4v) is 3.76. The molecular weight excluding hydrogens is 376 g/mol. The lowest BCUT2D eigenvalue weighted by Gasteiger charge is -2.33. The summed E-state index contributed by atoms with van der Waals surface area (Å²) in [6.07, 6.45) is 2.17. The van der Waals surface area contributed by atoms with E-state index >= 15 is 0 Å². The second kappa shape index (κ2) is 10.9. The summed E-state index contributed by atoms with van der Waals surface area (Å²) >= 11 is 0. The number of aliphatic imine (C=N–C) groups is 1. The number of nitrogens with one attached hydrogen (secondary N) is 2. The maximum absolute atomic E-state index is 10.1. The zero-order valence-electron chi connectivity index (χ0n) is 18.3. The number of benzene rings is 2. The molecule has 1 aliphatic heterocycles. The van der Waals surface area contributed by atoms with Gasteiger partial charge in [-0.05, 0) is 56.0 Å². The van der Waals surface area contributed by atoms with Crippen molar-refractivity contribution in [1.82, 2.24) is 15.5 Å². The summed E-state index contributed by atoms with van der Waals surface area (Å²) in [5.41, 5.74) is 3.52. The second-order valence-electron chi connectivity index (χ2n) is 7.81. The molecule has 0 bridgehead atoms. The molecule has 30 heavy (non-hydrogen) atoms. The Morgan fingerprint density at radius 3 is 2.63 bits per heavy atom. The van der Waals surface area contributed by atoms with Gasteiger partial charge in [-0.2, -0.15) is 0 Å². The molecule has 3 N–H and O–H groups in total. The lowest BCUT2D eigenvalue weighted by Crippen LogP contribution is -2.48. The van der Waals surface area contributed by atoms with Crippen molar-refractivity contribution in [2.24, 2.45) is 4.99 Å². The van der Waals surface area contributed by atoms with Crippen LogP contribution in [0.25, 0.3) is 0 Å². The first-order valence-electron chi connectivity index (χ1n) is 10.8. The van der Waals surface area contributed by atoms with Gasteiger partial charge in [-0.3, -0.25) is 4.90 Å². The zero-order valence-corrected chi connectivity index (χ0v) is 18.3. The lowest BCUT2D eigenvalue weighted by atomic mass is 10.0. The van der Waals surface area contributed by atoms with Gasteiger partial charge in [0.1, 0.15) is 11.5 Å². The van der Waals surface area contributed by atoms with Crippen molar-refractivity contribution in [2.75, 3.05) is 26.7 Å². The Balaban J connectivity index is 1.54. The van der Waals surface area contributed by atoms with Gasteiger partial charge in [0.25, 0.3) is 0 Å². The third-order valence-electron chi connectivity index (χ3n) is 5.62. The van der Waals surface area contributed by atoms with Gasteiger partial charge in [-0.1, -0.05) is 24.3 Å². The van der Waals surface area contributed by atoms with Crippen LogP contribution >= 0.6 is 0 Å². The number of likely N-dealkylation sites (tertiary alicyclic amines) is 1. The smallest absolute Gasteiger partial charge is 0.191 e. The molecule has 0 aromatic heterocycles. The Hall–Kier alpha value is -2.73. The van der Waals surface area contributed by atoms with Gasteiger partial charge in [0.15, 0.2) is 5.96 Å². The van der Waals surface area contributed by atoms with Crippen LogP contribution in [-0.4, -0.2) is 48.8 Å². The Morgan fingerprint density at radius 2 is 1.93 bits per heavy atom. The quantitative estimate of drug-likeness (QED) is 0.482. The van der Waals surface area contributed by atoms with Crippen LogP contribution in [0.3, 0.4) is 0 Å². The van der Waals surface area contributed by atoms with E-state index in [1.165, 1.54) is 11.1 Å². The molecular formula is C24H34N4O2. The monoisotopic (exact) mass is 410 g/mol.